The average Bonchev–Trinajstić information content (AvgIpc) is 2.01. The summed E-state index contributed by atoms with van der Waals surface area (Å²) in [6.45, 7) is 6.06. The average molecular weight is 246 g/mol. The molecular weight excluding hydrogens is 231 g/mol. The fourth-order valence-electron chi connectivity index (χ4n) is 1.16. The van der Waals surface area contributed by atoms with Gasteiger partial charge in [-0.15, -0.1) is 11.8 Å². The molecule has 0 spiro atoms. The van der Waals surface area contributed by atoms with Crippen LogP contribution in [0.15, 0.2) is 23.1 Å². The Bertz CT molecular complexity index is 370. The molecule has 14 heavy (non-hydrogen) atoms. The maximum absolute atomic E-state index is 5.70. The van der Waals surface area contributed by atoms with Gasteiger partial charge in [0.2, 0.25) is 0 Å². The van der Waals surface area contributed by atoms with Crippen LogP contribution in [0.2, 0.25) is 0 Å². The van der Waals surface area contributed by atoms with Gasteiger partial charge >= 0.3 is 0 Å². The van der Waals surface area contributed by atoms with E-state index in [9.17, 15) is 0 Å². The van der Waals surface area contributed by atoms with Gasteiger partial charge in [-0.1, -0.05) is 11.8 Å². The van der Waals surface area contributed by atoms with Crippen LogP contribution in [0.1, 0.15) is 5.56 Å². The minimum atomic E-state index is -1.60. The van der Waals surface area contributed by atoms with Crippen LogP contribution >= 0.6 is 18.0 Å². The molecule has 0 atom stereocenters. The normalized spacial score (nSPS) is 11.4. The maximum atomic E-state index is 5.70. The second-order valence-corrected chi connectivity index (χ2v) is 9.65. The lowest BCUT2D eigenvalue weighted by atomic mass is 10.2. The molecule has 4 heteroatoms. The molecule has 0 aromatic heterocycles. The Balaban J connectivity index is 2.92. The van der Waals surface area contributed by atoms with Crippen molar-refractivity contribution in [3.63, 3.8) is 0 Å². The summed E-state index contributed by atoms with van der Waals surface area (Å²) in [5.41, 5.74) is 1.25. The van der Waals surface area contributed by atoms with E-state index in [0.29, 0.717) is 0 Å². The maximum Gasteiger partial charge on any atom is 0.124 e. The first-order valence-corrected chi connectivity index (χ1v) is 9.15. The highest BCUT2D eigenvalue weighted by atomic mass is 32.4. The van der Waals surface area contributed by atoms with Crippen molar-refractivity contribution < 1.29 is 4.52 Å². The Labute approximate surface area is 95.3 Å². The van der Waals surface area contributed by atoms with E-state index in [2.05, 4.69) is 25.3 Å². The van der Waals surface area contributed by atoms with Crippen molar-refractivity contribution in [3.05, 3.63) is 23.8 Å². The second-order valence-electron chi connectivity index (χ2n) is 3.47. The molecule has 0 aliphatic heterocycles. The van der Waals surface area contributed by atoms with E-state index in [1.807, 2.05) is 19.4 Å². The molecule has 0 heterocycles. The first-order valence-electron chi connectivity index (χ1n) is 4.31. The highest BCUT2D eigenvalue weighted by Crippen LogP contribution is 2.40. The van der Waals surface area contributed by atoms with Crippen LogP contribution in [0.5, 0.6) is 5.75 Å². The Morgan fingerprint density at radius 2 is 2.00 bits per heavy atom. The van der Waals surface area contributed by atoms with Gasteiger partial charge in [-0.2, -0.15) is 0 Å². The standard InChI is InChI=1S/C10H15OPS2/c1-8-7-9(11-12(2,3)13)5-6-10(8)14-4/h5-7H,1-4H3. The van der Waals surface area contributed by atoms with Gasteiger partial charge in [0.05, 0.1) is 0 Å². The minimum absolute atomic E-state index is 0.897. The van der Waals surface area contributed by atoms with Gasteiger partial charge < -0.3 is 4.52 Å². The Morgan fingerprint density at radius 3 is 2.43 bits per heavy atom. The Morgan fingerprint density at radius 1 is 1.36 bits per heavy atom. The van der Waals surface area contributed by atoms with Crippen molar-refractivity contribution >= 4 is 29.8 Å². The van der Waals surface area contributed by atoms with Gasteiger partial charge in [0, 0.05) is 4.90 Å². The van der Waals surface area contributed by atoms with Crippen LogP contribution in [-0.2, 0) is 11.8 Å². The van der Waals surface area contributed by atoms with E-state index < -0.39 is 6.26 Å². The molecule has 0 saturated carbocycles. The molecule has 0 radical (unpaired) electrons. The number of aryl methyl sites for hydroxylation is 1. The summed E-state index contributed by atoms with van der Waals surface area (Å²) in [5, 5.41) is 0. The number of rotatable bonds is 3. The van der Waals surface area contributed by atoms with Crippen molar-refractivity contribution in [2.24, 2.45) is 0 Å². The monoisotopic (exact) mass is 246 g/mol. The summed E-state index contributed by atoms with van der Waals surface area (Å²) in [5.74, 6) is 0.897. The summed E-state index contributed by atoms with van der Waals surface area (Å²) in [6, 6.07) is 6.13. The van der Waals surface area contributed by atoms with E-state index in [-0.39, 0.29) is 0 Å². The Hall–Kier alpha value is 0.0200. The lowest BCUT2D eigenvalue weighted by Crippen LogP contribution is -1.89. The van der Waals surface area contributed by atoms with Gasteiger partial charge in [-0.25, -0.2) is 0 Å². The zero-order chi connectivity index (χ0) is 10.8. The zero-order valence-corrected chi connectivity index (χ0v) is 11.4. The third-order valence-corrected chi connectivity index (χ3v) is 3.46. The molecule has 0 fully saturated rings. The topological polar surface area (TPSA) is 9.23 Å². The zero-order valence-electron chi connectivity index (χ0n) is 8.90. The van der Waals surface area contributed by atoms with Crippen LogP contribution in [0.25, 0.3) is 0 Å². The lowest BCUT2D eigenvalue weighted by Gasteiger charge is -2.14. The summed E-state index contributed by atoms with van der Waals surface area (Å²) in [4.78, 5) is 1.29. The van der Waals surface area contributed by atoms with Crippen LogP contribution in [0, 0.1) is 6.92 Å². The molecule has 1 aromatic carbocycles. The highest BCUT2D eigenvalue weighted by molar-refractivity contribution is 8.11. The predicted octanol–water partition coefficient (Wildman–Crippen LogP) is 3.75. The van der Waals surface area contributed by atoms with Crippen LogP contribution in [0.3, 0.4) is 0 Å². The summed E-state index contributed by atoms with van der Waals surface area (Å²) in [7, 11) is 0. The SMILES string of the molecule is CSc1ccc(OP(C)(C)=S)cc1C. The van der Waals surface area contributed by atoms with Crippen molar-refractivity contribution in [3.8, 4) is 5.75 Å². The number of thioether (sulfide) groups is 1. The number of hydrogen-bond acceptors (Lipinski definition) is 3. The van der Waals surface area contributed by atoms with Gasteiger partial charge in [-0.3, -0.25) is 0 Å². The predicted molar refractivity (Wildman–Crippen MR) is 69.7 cm³/mol. The molecule has 78 valence electrons. The van der Waals surface area contributed by atoms with E-state index in [4.69, 9.17) is 16.3 Å². The van der Waals surface area contributed by atoms with E-state index in [1.165, 1.54) is 10.5 Å². The van der Waals surface area contributed by atoms with E-state index >= 15 is 0 Å². The van der Waals surface area contributed by atoms with Gasteiger partial charge in [0.1, 0.15) is 12.0 Å². The largest absolute Gasteiger partial charge is 0.467 e. The third-order valence-electron chi connectivity index (χ3n) is 1.69. The molecule has 0 aliphatic rings. The van der Waals surface area contributed by atoms with Crippen LogP contribution < -0.4 is 4.52 Å². The smallest absolute Gasteiger partial charge is 0.124 e. The van der Waals surface area contributed by atoms with Gasteiger partial charge in [-0.05, 0) is 50.3 Å². The van der Waals surface area contributed by atoms with Crippen molar-refractivity contribution in [1.82, 2.24) is 0 Å². The second kappa shape index (κ2) is 4.69. The first-order chi connectivity index (χ1) is 6.42. The van der Waals surface area contributed by atoms with Gasteiger partial charge in [0.15, 0.2) is 0 Å². The summed E-state index contributed by atoms with van der Waals surface area (Å²) >= 11 is 7.00. The molecule has 0 aliphatic carbocycles. The van der Waals surface area contributed by atoms with E-state index in [1.54, 1.807) is 11.8 Å². The Kier molecular flexibility index (Phi) is 4.05. The number of benzene rings is 1. The van der Waals surface area contributed by atoms with Crippen molar-refractivity contribution in [2.75, 3.05) is 19.6 Å². The molecule has 0 bridgehead atoms. The minimum Gasteiger partial charge on any atom is -0.467 e. The molecule has 1 nitrogen and oxygen atoms in total. The van der Waals surface area contributed by atoms with Crippen LogP contribution in [0.4, 0.5) is 0 Å². The first kappa shape index (κ1) is 12.1. The third kappa shape index (κ3) is 3.64. The fourth-order valence-corrected chi connectivity index (χ4v) is 2.63. The molecule has 1 aromatic rings. The summed E-state index contributed by atoms with van der Waals surface area (Å²) in [6.07, 6.45) is 0.472. The fraction of sp³-hybridized carbons (Fsp3) is 0.400. The molecule has 0 amide bonds. The molecule has 0 N–H and O–H groups in total. The molecule has 0 saturated heterocycles. The highest BCUT2D eigenvalue weighted by Gasteiger charge is 2.05. The molecule has 1 rings (SSSR count). The lowest BCUT2D eigenvalue weighted by molar-refractivity contribution is 0.619. The summed E-state index contributed by atoms with van der Waals surface area (Å²) < 4.78 is 5.70. The van der Waals surface area contributed by atoms with Gasteiger partial charge in [0.25, 0.3) is 0 Å². The van der Waals surface area contributed by atoms with Crippen molar-refractivity contribution in [2.45, 2.75) is 11.8 Å². The van der Waals surface area contributed by atoms with Crippen LogP contribution in [-0.4, -0.2) is 19.6 Å². The van der Waals surface area contributed by atoms with Crippen molar-refractivity contribution in [1.29, 1.82) is 0 Å². The number of hydrogen-bond donors (Lipinski definition) is 0. The molecular formula is C10H15OPS2. The molecule has 0 unspecified atom stereocenters. The van der Waals surface area contributed by atoms with E-state index in [0.717, 1.165) is 5.75 Å². The quantitative estimate of drug-likeness (QED) is 0.594.